The zero-order valence-electron chi connectivity index (χ0n) is 17.6. The quantitative estimate of drug-likeness (QED) is 0.800. The Morgan fingerprint density at radius 1 is 1.17 bits per heavy atom. The average molecular weight is 412 g/mol. The van der Waals surface area contributed by atoms with E-state index < -0.39 is 5.60 Å². The smallest absolute Gasteiger partial charge is 0.410 e. The standard InChI is InChI=1S/C21H28N6O3/c1-21(2,3)30-20(29)27-10-8-26(9-11-27)15-6-7-18(22-13-15)23-19(28)17-12-16(24-25-17)14-4-5-14/h6-7,12-14H,4-5,8-11H2,1-3H3,(H,24,25)(H,22,23,28). The number of aromatic amines is 1. The molecule has 0 unspecified atom stereocenters. The van der Waals surface area contributed by atoms with E-state index in [-0.39, 0.29) is 12.0 Å². The number of nitrogens with zero attached hydrogens (tertiary/aromatic N) is 4. The molecule has 9 heteroatoms. The third kappa shape index (κ3) is 4.90. The SMILES string of the molecule is CC(C)(C)OC(=O)N1CCN(c2ccc(NC(=O)c3cc(C4CC4)[nH]n3)nc2)CC1. The van der Waals surface area contributed by atoms with Crippen LogP contribution in [0.4, 0.5) is 16.3 Å². The van der Waals surface area contributed by atoms with Crippen molar-refractivity contribution in [2.75, 3.05) is 36.4 Å². The van der Waals surface area contributed by atoms with Crippen LogP contribution >= 0.6 is 0 Å². The van der Waals surface area contributed by atoms with Crippen molar-refractivity contribution >= 4 is 23.5 Å². The van der Waals surface area contributed by atoms with E-state index >= 15 is 0 Å². The summed E-state index contributed by atoms with van der Waals surface area (Å²) in [7, 11) is 0. The van der Waals surface area contributed by atoms with Crippen molar-refractivity contribution in [3.8, 4) is 0 Å². The molecule has 1 saturated carbocycles. The third-order valence-corrected chi connectivity index (χ3v) is 5.13. The van der Waals surface area contributed by atoms with Crippen LogP contribution in [0.25, 0.3) is 0 Å². The van der Waals surface area contributed by atoms with Crippen LogP contribution in [0.3, 0.4) is 0 Å². The van der Waals surface area contributed by atoms with Crippen molar-refractivity contribution in [2.24, 2.45) is 0 Å². The molecule has 2 aromatic rings. The number of amides is 2. The van der Waals surface area contributed by atoms with E-state index in [0.29, 0.717) is 43.6 Å². The van der Waals surface area contributed by atoms with Crippen molar-refractivity contribution < 1.29 is 14.3 Å². The van der Waals surface area contributed by atoms with Crippen molar-refractivity contribution in [2.45, 2.75) is 45.1 Å². The van der Waals surface area contributed by atoms with Gasteiger partial charge in [-0.3, -0.25) is 9.89 Å². The first-order valence-electron chi connectivity index (χ1n) is 10.3. The predicted molar refractivity (Wildman–Crippen MR) is 113 cm³/mol. The molecule has 2 aromatic heterocycles. The first-order chi connectivity index (χ1) is 14.3. The highest BCUT2D eigenvalue weighted by molar-refractivity contribution is 6.02. The van der Waals surface area contributed by atoms with E-state index in [2.05, 4.69) is 25.4 Å². The van der Waals surface area contributed by atoms with Crippen LogP contribution in [0.1, 0.15) is 55.7 Å². The lowest BCUT2D eigenvalue weighted by molar-refractivity contribution is 0.0240. The Labute approximate surface area is 175 Å². The summed E-state index contributed by atoms with van der Waals surface area (Å²) >= 11 is 0. The molecular formula is C21H28N6O3. The van der Waals surface area contributed by atoms with Gasteiger partial charge in [0.1, 0.15) is 11.4 Å². The Hall–Kier alpha value is -3.10. The Bertz CT molecular complexity index is 906. The van der Waals surface area contributed by atoms with Gasteiger partial charge in [-0.05, 0) is 51.8 Å². The van der Waals surface area contributed by atoms with E-state index in [4.69, 9.17) is 4.74 Å². The summed E-state index contributed by atoms with van der Waals surface area (Å²) in [5.74, 6) is 0.726. The molecular weight excluding hydrogens is 384 g/mol. The monoisotopic (exact) mass is 412 g/mol. The molecule has 0 atom stereocenters. The minimum absolute atomic E-state index is 0.274. The maximum absolute atomic E-state index is 12.4. The summed E-state index contributed by atoms with van der Waals surface area (Å²) in [5, 5.41) is 9.81. The van der Waals surface area contributed by atoms with Crippen LogP contribution in [-0.4, -0.2) is 63.9 Å². The van der Waals surface area contributed by atoms with Crippen molar-refractivity contribution in [1.29, 1.82) is 0 Å². The van der Waals surface area contributed by atoms with Gasteiger partial charge in [0.15, 0.2) is 5.69 Å². The minimum atomic E-state index is -0.492. The highest BCUT2D eigenvalue weighted by Gasteiger charge is 2.27. The normalized spacial score (nSPS) is 17.0. The molecule has 4 rings (SSSR count). The highest BCUT2D eigenvalue weighted by atomic mass is 16.6. The molecule has 2 N–H and O–H groups in total. The number of nitrogens with one attached hydrogen (secondary N) is 2. The van der Waals surface area contributed by atoms with E-state index in [0.717, 1.165) is 24.2 Å². The number of hydrogen-bond acceptors (Lipinski definition) is 6. The second-order valence-electron chi connectivity index (χ2n) is 8.79. The van der Waals surface area contributed by atoms with Gasteiger partial charge in [-0.25, -0.2) is 9.78 Å². The zero-order chi connectivity index (χ0) is 21.3. The summed E-state index contributed by atoms with van der Waals surface area (Å²) in [5.41, 5.74) is 1.86. The van der Waals surface area contributed by atoms with E-state index in [9.17, 15) is 9.59 Å². The fourth-order valence-electron chi connectivity index (χ4n) is 3.36. The summed E-state index contributed by atoms with van der Waals surface area (Å²) < 4.78 is 5.43. The van der Waals surface area contributed by atoms with E-state index in [1.54, 1.807) is 17.2 Å². The Kier molecular flexibility index (Phi) is 5.36. The molecule has 30 heavy (non-hydrogen) atoms. The summed E-state index contributed by atoms with van der Waals surface area (Å²) in [4.78, 5) is 32.8. The number of H-pyrrole nitrogens is 1. The van der Waals surface area contributed by atoms with Gasteiger partial charge >= 0.3 is 6.09 Å². The number of ether oxygens (including phenoxy) is 1. The lowest BCUT2D eigenvalue weighted by atomic mass is 10.2. The number of anilines is 2. The van der Waals surface area contributed by atoms with E-state index in [1.165, 1.54) is 0 Å². The Balaban J connectivity index is 1.29. The molecule has 1 saturated heterocycles. The van der Waals surface area contributed by atoms with Gasteiger partial charge in [-0.15, -0.1) is 0 Å². The van der Waals surface area contributed by atoms with Crippen LogP contribution < -0.4 is 10.2 Å². The number of carbonyl (C=O) groups excluding carboxylic acids is 2. The van der Waals surface area contributed by atoms with Gasteiger partial charge < -0.3 is 19.9 Å². The number of rotatable bonds is 4. The summed E-state index contributed by atoms with van der Waals surface area (Å²) in [6, 6.07) is 5.51. The maximum Gasteiger partial charge on any atom is 0.410 e. The molecule has 2 aliphatic rings. The largest absolute Gasteiger partial charge is 0.444 e. The first kappa shape index (κ1) is 20.2. The van der Waals surface area contributed by atoms with Crippen LogP contribution in [0.2, 0.25) is 0 Å². The van der Waals surface area contributed by atoms with Gasteiger partial charge in [0.2, 0.25) is 0 Å². The molecule has 2 amide bonds. The lowest BCUT2D eigenvalue weighted by Crippen LogP contribution is -2.50. The molecule has 1 aliphatic heterocycles. The van der Waals surface area contributed by atoms with Crippen LogP contribution in [0.15, 0.2) is 24.4 Å². The zero-order valence-corrected chi connectivity index (χ0v) is 17.6. The molecule has 3 heterocycles. The molecule has 0 spiro atoms. The lowest BCUT2D eigenvalue weighted by Gasteiger charge is -2.36. The molecule has 1 aliphatic carbocycles. The van der Waals surface area contributed by atoms with Gasteiger partial charge in [-0.2, -0.15) is 5.10 Å². The molecule has 0 radical (unpaired) electrons. The fourth-order valence-corrected chi connectivity index (χ4v) is 3.36. The van der Waals surface area contributed by atoms with E-state index in [1.807, 2.05) is 32.9 Å². The average Bonchev–Trinajstić information content (AvgIpc) is 3.44. The second kappa shape index (κ2) is 7.97. The Morgan fingerprint density at radius 2 is 1.90 bits per heavy atom. The molecule has 9 nitrogen and oxygen atoms in total. The topological polar surface area (TPSA) is 103 Å². The van der Waals surface area contributed by atoms with Crippen LogP contribution in [0, 0.1) is 0 Å². The summed E-state index contributed by atoms with van der Waals surface area (Å²) in [6.07, 6.45) is 3.76. The Morgan fingerprint density at radius 3 is 2.50 bits per heavy atom. The van der Waals surface area contributed by atoms with Gasteiger partial charge in [0, 0.05) is 37.8 Å². The van der Waals surface area contributed by atoms with Gasteiger partial charge in [0.25, 0.3) is 5.91 Å². The number of carbonyl (C=O) groups is 2. The second-order valence-corrected chi connectivity index (χ2v) is 8.79. The molecule has 0 bridgehead atoms. The minimum Gasteiger partial charge on any atom is -0.444 e. The first-order valence-corrected chi connectivity index (χ1v) is 10.3. The maximum atomic E-state index is 12.4. The predicted octanol–water partition coefficient (Wildman–Crippen LogP) is 2.99. The number of aromatic nitrogens is 3. The molecule has 0 aromatic carbocycles. The number of pyridine rings is 1. The van der Waals surface area contributed by atoms with Crippen molar-refractivity contribution in [3.63, 3.8) is 0 Å². The highest BCUT2D eigenvalue weighted by Crippen LogP contribution is 2.39. The number of hydrogen-bond donors (Lipinski definition) is 2. The van der Waals surface area contributed by atoms with Crippen LogP contribution in [-0.2, 0) is 4.74 Å². The number of piperazine rings is 1. The fraction of sp³-hybridized carbons (Fsp3) is 0.524. The van der Waals surface area contributed by atoms with Crippen molar-refractivity contribution in [1.82, 2.24) is 20.1 Å². The molecule has 160 valence electrons. The van der Waals surface area contributed by atoms with Crippen molar-refractivity contribution in [3.05, 3.63) is 35.8 Å². The van der Waals surface area contributed by atoms with Gasteiger partial charge in [0.05, 0.1) is 11.9 Å². The summed E-state index contributed by atoms with van der Waals surface area (Å²) in [6.45, 7) is 8.18. The molecule has 2 fully saturated rings. The third-order valence-electron chi connectivity index (χ3n) is 5.13. The van der Waals surface area contributed by atoms with Crippen LogP contribution in [0.5, 0.6) is 0 Å². The van der Waals surface area contributed by atoms with Gasteiger partial charge in [-0.1, -0.05) is 0 Å².